The maximum absolute atomic E-state index is 11.7. The lowest BCUT2D eigenvalue weighted by Gasteiger charge is -2.22. The molecule has 0 saturated carbocycles. The monoisotopic (exact) mass is 261 g/mol. The van der Waals surface area contributed by atoms with Gasteiger partial charge in [0.25, 0.3) is 0 Å². The third-order valence-corrected chi connectivity index (χ3v) is 2.50. The number of carbonyl (C=O) groups excluding carboxylic acids is 1. The number of hydrogen-bond donors (Lipinski definition) is 1. The second-order valence-corrected chi connectivity index (χ2v) is 5.54. The summed E-state index contributed by atoms with van der Waals surface area (Å²) < 4.78 is 5.24. The number of ether oxygens (including phenoxy) is 1. The first-order valence-corrected chi connectivity index (χ1v) is 6.54. The van der Waals surface area contributed by atoms with Gasteiger partial charge in [-0.3, -0.25) is 0 Å². The molecule has 0 fully saturated rings. The van der Waals surface area contributed by atoms with Crippen molar-refractivity contribution in [3.63, 3.8) is 0 Å². The van der Waals surface area contributed by atoms with Gasteiger partial charge in [-0.2, -0.15) is 0 Å². The summed E-state index contributed by atoms with van der Waals surface area (Å²) in [6.07, 6.45) is 3.63. The van der Waals surface area contributed by atoms with Crippen LogP contribution in [0, 0.1) is 0 Å². The highest BCUT2D eigenvalue weighted by Gasteiger charge is 2.18. The molecule has 0 unspecified atom stereocenters. The summed E-state index contributed by atoms with van der Waals surface area (Å²) in [7, 11) is 0. The summed E-state index contributed by atoms with van der Waals surface area (Å²) in [6.45, 7) is 9.48. The Balaban J connectivity index is 2.70. The number of alkyl carbamates (subject to hydrolysis) is 1. The first-order chi connectivity index (χ1) is 8.81. The maximum Gasteiger partial charge on any atom is 0.408 e. The zero-order valence-corrected chi connectivity index (χ0v) is 12.4. The number of nitrogens with one attached hydrogen (secondary N) is 1. The molecule has 0 aliphatic heterocycles. The molecule has 1 aromatic rings. The zero-order chi connectivity index (χ0) is 14.5. The lowest BCUT2D eigenvalue weighted by molar-refractivity contribution is 0.0508. The van der Waals surface area contributed by atoms with E-state index in [2.05, 4.69) is 11.4 Å². The number of rotatable bonds is 3. The zero-order valence-electron chi connectivity index (χ0n) is 12.4. The molecular weight excluding hydrogens is 238 g/mol. The molecule has 3 heteroatoms. The summed E-state index contributed by atoms with van der Waals surface area (Å²) in [5.41, 5.74) is 1.70. The van der Waals surface area contributed by atoms with Crippen LogP contribution in [0.1, 0.15) is 51.8 Å². The smallest absolute Gasteiger partial charge is 0.408 e. The Bertz CT molecular complexity index is 458. The van der Waals surface area contributed by atoms with Crippen LogP contribution in [0.3, 0.4) is 0 Å². The lowest BCUT2D eigenvalue weighted by Crippen LogP contribution is -2.34. The van der Waals surface area contributed by atoms with Gasteiger partial charge in [-0.25, -0.2) is 4.79 Å². The van der Waals surface area contributed by atoms with Crippen molar-refractivity contribution in [1.29, 1.82) is 0 Å². The van der Waals surface area contributed by atoms with E-state index in [0.29, 0.717) is 0 Å². The van der Waals surface area contributed by atoms with Gasteiger partial charge < -0.3 is 10.1 Å². The van der Waals surface area contributed by atoms with Crippen molar-refractivity contribution in [3.05, 3.63) is 41.5 Å². The second-order valence-electron chi connectivity index (χ2n) is 5.54. The molecule has 0 aliphatic carbocycles. The molecule has 104 valence electrons. The van der Waals surface area contributed by atoms with E-state index in [1.807, 2.05) is 65.0 Å². The van der Waals surface area contributed by atoms with Crippen LogP contribution in [-0.2, 0) is 4.74 Å². The van der Waals surface area contributed by atoms with Gasteiger partial charge in [0.1, 0.15) is 5.60 Å². The van der Waals surface area contributed by atoms with Crippen molar-refractivity contribution in [3.8, 4) is 0 Å². The van der Waals surface area contributed by atoms with Gasteiger partial charge >= 0.3 is 6.09 Å². The van der Waals surface area contributed by atoms with E-state index in [9.17, 15) is 4.79 Å². The normalized spacial score (nSPS) is 13.3. The highest BCUT2D eigenvalue weighted by atomic mass is 16.6. The van der Waals surface area contributed by atoms with Crippen LogP contribution in [0.4, 0.5) is 4.79 Å². The molecule has 0 aliphatic rings. The lowest BCUT2D eigenvalue weighted by atomic mass is 10.1. The second kappa shape index (κ2) is 6.41. The Morgan fingerprint density at radius 3 is 2.63 bits per heavy atom. The third-order valence-electron chi connectivity index (χ3n) is 2.50. The van der Waals surface area contributed by atoms with Gasteiger partial charge in [0.2, 0.25) is 0 Å². The van der Waals surface area contributed by atoms with Crippen LogP contribution in [0.15, 0.2) is 30.3 Å². The van der Waals surface area contributed by atoms with E-state index in [4.69, 9.17) is 4.74 Å². The number of hydrogen-bond acceptors (Lipinski definition) is 2. The topological polar surface area (TPSA) is 38.3 Å². The fraction of sp³-hybridized carbons (Fsp3) is 0.438. The third kappa shape index (κ3) is 5.60. The van der Waals surface area contributed by atoms with Gasteiger partial charge in [-0.1, -0.05) is 30.4 Å². The van der Waals surface area contributed by atoms with Crippen LogP contribution in [0.2, 0.25) is 0 Å². The Labute approximate surface area is 115 Å². The maximum atomic E-state index is 11.7. The molecule has 1 N–H and O–H groups in total. The van der Waals surface area contributed by atoms with Gasteiger partial charge in [0, 0.05) is 0 Å². The average molecular weight is 261 g/mol. The highest BCUT2D eigenvalue weighted by molar-refractivity contribution is 5.68. The van der Waals surface area contributed by atoms with Gasteiger partial charge in [0.05, 0.1) is 6.04 Å². The van der Waals surface area contributed by atoms with Crippen molar-refractivity contribution in [2.45, 2.75) is 46.3 Å². The standard InChI is InChI=1S/C16H23NO2/c1-6-8-13-9-7-10-14(11-13)12(2)17-15(18)19-16(3,4)5/h6-12H,1-5H3,(H,17,18)/b8-6+/t12-/m1/s1. The van der Waals surface area contributed by atoms with E-state index in [1.165, 1.54) is 0 Å². The minimum Gasteiger partial charge on any atom is -0.444 e. The van der Waals surface area contributed by atoms with Gasteiger partial charge in [0.15, 0.2) is 0 Å². The molecule has 0 aromatic heterocycles. The summed E-state index contributed by atoms with van der Waals surface area (Å²) in [6, 6.07) is 7.98. The Hall–Kier alpha value is -1.77. The largest absolute Gasteiger partial charge is 0.444 e. The van der Waals surface area contributed by atoms with Crippen LogP contribution in [-0.4, -0.2) is 11.7 Å². The Morgan fingerprint density at radius 1 is 1.37 bits per heavy atom. The summed E-state index contributed by atoms with van der Waals surface area (Å²) in [5, 5.41) is 2.84. The van der Waals surface area contributed by atoms with Crippen molar-refractivity contribution in [1.82, 2.24) is 5.32 Å². The Kier molecular flexibility index (Phi) is 5.16. The van der Waals surface area contributed by atoms with Crippen molar-refractivity contribution in [2.75, 3.05) is 0 Å². The molecule has 1 rings (SSSR count). The highest BCUT2D eigenvalue weighted by Crippen LogP contribution is 2.16. The minimum atomic E-state index is -0.476. The summed E-state index contributed by atoms with van der Waals surface area (Å²) in [5.74, 6) is 0. The van der Waals surface area contributed by atoms with E-state index >= 15 is 0 Å². The quantitative estimate of drug-likeness (QED) is 0.880. The van der Waals surface area contributed by atoms with Crippen LogP contribution < -0.4 is 5.32 Å². The molecule has 0 spiro atoms. The molecule has 0 bridgehead atoms. The fourth-order valence-corrected chi connectivity index (χ4v) is 1.69. The SMILES string of the molecule is C/C=C/c1cccc([C@@H](C)NC(=O)OC(C)(C)C)c1. The van der Waals surface area contributed by atoms with Crippen LogP contribution >= 0.6 is 0 Å². The fourth-order valence-electron chi connectivity index (χ4n) is 1.69. The minimum absolute atomic E-state index is 0.0833. The van der Waals surface area contributed by atoms with Crippen molar-refractivity contribution in [2.24, 2.45) is 0 Å². The first kappa shape index (κ1) is 15.3. The number of benzene rings is 1. The number of allylic oxidation sites excluding steroid dienone is 1. The molecule has 1 amide bonds. The average Bonchev–Trinajstić information content (AvgIpc) is 2.27. The summed E-state index contributed by atoms with van der Waals surface area (Å²) in [4.78, 5) is 11.7. The molecule has 19 heavy (non-hydrogen) atoms. The van der Waals surface area contributed by atoms with Crippen LogP contribution in [0.25, 0.3) is 6.08 Å². The van der Waals surface area contributed by atoms with E-state index in [1.54, 1.807) is 0 Å². The molecule has 0 radical (unpaired) electrons. The molecule has 1 aromatic carbocycles. The van der Waals surface area contributed by atoms with Crippen molar-refractivity contribution >= 4 is 12.2 Å². The first-order valence-electron chi connectivity index (χ1n) is 6.54. The Morgan fingerprint density at radius 2 is 2.05 bits per heavy atom. The molecule has 0 heterocycles. The molecular formula is C16H23NO2. The number of amides is 1. The predicted octanol–water partition coefficient (Wildman–Crippen LogP) is 4.31. The van der Waals surface area contributed by atoms with E-state index in [0.717, 1.165) is 11.1 Å². The molecule has 3 nitrogen and oxygen atoms in total. The van der Waals surface area contributed by atoms with Crippen molar-refractivity contribution < 1.29 is 9.53 Å². The van der Waals surface area contributed by atoms with Crippen LogP contribution in [0.5, 0.6) is 0 Å². The van der Waals surface area contributed by atoms with Gasteiger partial charge in [-0.05, 0) is 51.8 Å². The predicted molar refractivity (Wildman–Crippen MR) is 78.9 cm³/mol. The van der Waals surface area contributed by atoms with E-state index in [-0.39, 0.29) is 6.04 Å². The van der Waals surface area contributed by atoms with Gasteiger partial charge in [-0.15, -0.1) is 0 Å². The van der Waals surface area contributed by atoms with E-state index < -0.39 is 11.7 Å². The molecule has 0 saturated heterocycles. The summed E-state index contributed by atoms with van der Waals surface area (Å²) >= 11 is 0. The number of carbonyl (C=O) groups is 1. The molecule has 1 atom stereocenters.